The van der Waals surface area contributed by atoms with Crippen LogP contribution >= 0.6 is 0 Å². The second kappa shape index (κ2) is 7.34. The fourth-order valence-corrected chi connectivity index (χ4v) is 4.99. The van der Waals surface area contributed by atoms with Gasteiger partial charge in [0.05, 0.1) is 31.1 Å². The maximum absolute atomic E-state index is 12.9. The van der Waals surface area contributed by atoms with Gasteiger partial charge in [-0.1, -0.05) is 30.3 Å². The van der Waals surface area contributed by atoms with Gasteiger partial charge in [0.1, 0.15) is 0 Å². The lowest BCUT2D eigenvalue weighted by molar-refractivity contribution is 0.0658. The number of carbonyl (C=O) groups excluding carboxylic acids is 1. The van der Waals surface area contributed by atoms with Gasteiger partial charge in [-0.2, -0.15) is 0 Å². The van der Waals surface area contributed by atoms with Gasteiger partial charge < -0.3 is 10.1 Å². The number of aromatic nitrogens is 1. The number of nitrogens with one attached hydrogen (secondary N) is 1. The Hall–Kier alpha value is -2.60. The maximum Gasteiger partial charge on any atom is 0.322 e. The Bertz CT molecular complexity index is 889. The summed E-state index contributed by atoms with van der Waals surface area (Å²) in [6, 6.07) is 12.6. The topological polar surface area (TPSA) is 57.7 Å². The zero-order valence-electron chi connectivity index (χ0n) is 17.7. The van der Waals surface area contributed by atoms with Gasteiger partial charge in [-0.05, 0) is 57.8 Å². The molecule has 4 rings (SSSR count). The molecule has 2 aromatic rings. The molecule has 0 radical (unpaired) electrons. The molecule has 0 bridgehead atoms. The molecule has 2 fully saturated rings. The molecule has 1 aromatic heterocycles. The molecule has 1 saturated heterocycles. The van der Waals surface area contributed by atoms with Crippen molar-refractivity contribution in [2.75, 3.05) is 32.6 Å². The Morgan fingerprint density at radius 2 is 1.83 bits per heavy atom. The van der Waals surface area contributed by atoms with Crippen LogP contribution in [0.3, 0.4) is 0 Å². The minimum Gasteiger partial charge on any atom is -0.481 e. The largest absolute Gasteiger partial charge is 0.481 e. The van der Waals surface area contributed by atoms with Crippen molar-refractivity contribution in [2.45, 2.75) is 43.7 Å². The first-order valence-electron chi connectivity index (χ1n) is 10.2. The van der Waals surface area contributed by atoms with E-state index in [4.69, 9.17) is 4.74 Å². The number of rotatable bonds is 4. The van der Waals surface area contributed by atoms with Crippen LogP contribution in [0.5, 0.6) is 5.88 Å². The monoisotopic (exact) mass is 394 g/mol. The van der Waals surface area contributed by atoms with Crippen LogP contribution in [0.25, 0.3) is 0 Å². The van der Waals surface area contributed by atoms with Crippen molar-refractivity contribution >= 4 is 11.7 Å². The number of benzene rings is 1. The van der Waals surface area contributed by atoms with E-state index in [9.17, 15) is 4.79 Å². The molecule has 2 aliphatic rings. The summed E-state index contributed by atoms with van der Waals surface area (Å²) in [5.41, 5.74) is 3.04. The van der Waals surface area contributed by atoms with Crippen LogP contribution in [-0.4, -0.2) is 49.2 Å². The molecule has 1 saturated carbocycles. The van der Waals surface area contributed by atoms with Crippen molar-refractivity contribution in [1.29, 1.82) is 0 Å². The molecule has 0 unspecified atom stereocenters. The molecule has 154 valence electrons. The zero-order chi connectivity index (χ0) is 20.6. The third-order valence-electron chi connectivity index (χ3n) is 6.84. The van der Waals surface area contributed by atoms with Crippen LogP contribution in [0, 0.1) is 6.92 Å². The van der Waals surface area contributed by atoms with Crippen LogP contribution < -0.4 is 15.0 Å². The average molecular weight is 395 g/mol. The van der Waals surface area contributed by atoms with E-state index < -0.39 is 0 Å². The molecule has 29 heavy (non-hydrogen) atoms. The summed E-state index contributed by atoms with van der Waals surface area (Å²) in [5.74, 6) is 0.567. The van der Waals surface area contributed by atoms with Crippen LogP contribution in [0.2, 0.25) is 0 Å². The van der Waals surface area contributed by atoms with Crippen molar-refractivity contribution in [3.8, 4) is 5.88 Å². The number of anilines is 1. The minimum absolute atomic E-state index is 0.0161. The predicted molar refractivity (Wildman–Crippen MR) is 114 cm³/mol. The Morgan fingerprint density at radius 3 is 2.41 bits per heavy atom. The van der Waals surface area contributed by atoms with Crippen LogP contribution in [0.4, 0.5) is 10.5 Å². The number of methoxy groups -OCH3 is 1. The molecule has 1 aliphatic carbocycles. The molecule has 6 nitrogen and oxygen atoms in total. The molecule has 2 amide bonds. The van der Waals surface area contributed by atoms with E-state index in [0.29, 0.717) is 12.4 Å². The van der Waals surface area contributed by atoms with Gasteiger partial charge in [0.15, 0.2) is 0 Å². The molecule has 1 aromatic carbocycles. The highest BCUT2D eigenvalue weighted by Gasteiger charge is 2.50. The van der Waals surface area contributed by atoms with Gasteiger partial charge in [0.2, 0.25) is 5.88 Å². The van der Waals surface area contributed by atoms with E-state index in [1.54, 1.807) is 13.3 Å². The number of hydrogen-bond acceptors (Lipinski definition) is 4. The quantitative estimate of drug-likeness (QED) is 0.859. The highest BCUT2D eigenvalue weighted by Crippen LogP contribution is 2.46. The summed E-state index contributed by atoms with van der Waals surface area (Å²) >= 11 is 0. The van der Waals surface area contributed by atoms with Crippen molar-refractivity contribution < 1.29 is 9.53 Å². The smallest absolute Gasteiger partial charge is 0.322 e. The second-order valence-electron chi connectivity index (χ2n) is 8.60. The third kappa shape index (κ3) is 3.35. The molecular weight excluding hydrogens is 364 g/mol. The Kier molecular flexibility index (Phi) is 4.99. The van der Waals surface area contributed by atoms with E-state index in [-0.39, 0.29) is 17.1 Å². The number of aryl methyl sites for hydroxylation is 1. The highest BCUT2D eigenvalue weighted by molar-refractivity contribution is 5.96. The predicted octanol–water partition coefficient (Wildman–Crippen LogP) is 3.70. The van der Waals surface area contributed by atoms with Crippen LogP contribution in [-0.2, 0) is 5.54 Å². The zero-order valence-corrected chi connectivity index (χ0v) is 17.7. The summed E-state index contributed by atoms with van der Waals surface area (Å²) < 4.78 is 5.20. The second-order valence-corrected chi connectivity index (χ2v) is 8.60. The molecular formula is C23H30N4O2. The fraction of sp³-hybridized carbons (Fsp3) is 0.478. The number of ether oxygens (including phenoxy) is 1. The molecule has 6 heteroatoms. The number of hydrogen-bond donors (Lipinski definition) is 1. The van der Waals surface area contributed by atoms with Crippen molar-refractivity contribution in [2.24, 2.45) is 0 Å². The molecule has 1 N–H and O–H groups in total. The van der Waals surface area contributed by atoms with Gasteiger partial charge in [-0.25, -0.2) is 9.78 Å². The van der Waals surface area contributed by atoms with Crippen molar-refractivity contribution in [1.82, 2.24) is 15.2 Å². The summed E-state index contributed by atoms with van der Waals surface area (Å²) in [5, 5.41) is 3.31. The van der Waals surface area contributed by atoms with Crippen LogP contribution in [0.15, 0.2) is 42.6 Å². The van der Waals surface area contributed by atoms with E-state index in [1.807, 2.05) is 17.9 Å². The van der Waals surface area contributed by atoms with Crippen molar-refractivity contribution in [3.63, 3.8) is 0 Å². The van der Waals surface area contributed by atoms with E-state index in [0.717, 1.165) is 36.9 Å². The Balaban J connectivity index is 1.55. The first-order chi connectivity index (χ1) is 13.9. The molecule has 0 atom stereocenters. The van der Waals surface area contributed by atoms with Gasteiger partial charge in [0.25, 0.3) is 0 Å². The SMILES string of the molecule is COc1cc(C)c(N2CC3(CCC(c4ccccc4)(N(C)C)CC3)NC2=O)cn1. The summed E-state index contributed by atoms with van der Waals surface area (Å²) in [6.07, 6.45) is 5.66. The van der Waals surface area contributed by atoms with Crippen molar-refractivity contribution in [3.05, 3.63) is 53.7 Å². The Labute approximate surface area is 172 Å². The number of urea groups is 1. The number of carbonyl (C=O) groups is 1. The third-order valence-corrected chi connectivity index (χ3v) is 6.84. The highest BCUT2D eigenvalue weighted by atomic mass is 16.5. The first kappa shape index (κ1) is 19.7. The molecule has 1 aliphatic heterocycles. The number of amides is 2. The molecule has 1 spiro atoms. The Morgan fingerprint density at radius 1 is 1.14 bits per heavy atom. The standard InChI is InChI=1S/C23H30N4O2/c1-17-14-20(29-4)24-15-19(17)27-16-22(25-21(27)28)10-12-23(13-11-22,26(2)3)18-8-6-5-7-9-18/h5-9,14-15H,10-13,16H2,1-4H3,(H,25,28). The summed E-state index contributed by atoms with van der Waals surface area (Å²) in [6.45, 7) is 2.67. The minimum atomic E-state index is -0.183. The lowest BCUT2D eigenvalue weighted by atomic mass is 9.69. The average Bonchev–Trinajstić information content (AvgIpc) is 3.04. The lowest BCUT2D eigenvalue weighted by Crippen LogP contribution is -2.54. The van der Waals surface area contributed by atoms with Crippen LogP contribution in [0.1, 0.15) is 36.8 Å². The van der Waals surface area contributed by atoms with Gasteiger partial charge in [-0.15, -0.1) is 0 Å². The first-order valence-corrected chi connectivity index (χ1v) is 10.2. The number of pyridine rings is 1. The van der Waals surface area contributed by atoms with Gasteiger partial charge >= 0.3 is 6.03 Å². The summed E-state index contributed by atoms with van der Waals surface area (Å²) in [7, 11) is 5.93. The maximum atomic E-state index is 12.9. The van der Waals surface area contributed by atoms with E-state index in [1.165, 1.54) is 5.56 Å². The van der Waals surface area contributed by atoms with E-state index in [2.05, 4.69) is 59.6 Å². The lowest BCUT2D eigenvalue weighted by Gasteiger charge is -2.48. The normalized spacial score (nSPS) is 26.8. The number of nitrogens with zero attached hydrogens (tertiary/aromatic N) is 3. The van der Waals surface area contributed by atoms with Gasteiger partial charge in [0, 0.05) is 11.6 Å². The van der Waals surface area contributed by atoms with Gasteiger partial charge in [-0.3, -0.25) is 9.80 Å². The summed E-state index contributed by atoms with van der Waals surface area (Å²) in [4.78, 5) is 21.4. The fourth-order valence-electron chi connectivity index (χ4n) is 4.99. The van der Waals surface area contributed by atoms with E-state index >= 15 is 0 Å². The molecule has 2 heterocycles.